The third-order valence-electron chi connectivity index (χ3n) is 12.8. The highest BCUT2D eigenvalue weighted by Gasteiger charge is 2.71. The lowest BCUT2D eigenvalue weighted by Crippen LogP contribution is -2.70. The zero-order valence-electron chi connectivity index (χ0n) is 26.1. The molecule has 42 heavy (non-hydrogen) atoms. The first kappa shape index (κ1) is 29.0. The molecule has 10 aliphatic rings. The van der Waals surface area contributed by atoms with Crippen LogP contribution in [0.15, 0.2) is 0 Å². The molecule has 2 aliphatic carbocycles. The van der Waals surface area contributed by atoms with Crippen LogP contribution in [0.25, 0.3) is 0 Å². The molecule has 16 atom stereocenters. The molecule has 0 amide bonds. The number of hydrogen-bond acceptors (Lipinski definition) is 10. The van der Waals surface area contributed by atoms with E-state index < -0.39 is 47.9 Å². The second kappa shape index (κ2) is 10.0. The topological polar surface area (TPSA) is 92.3 Å². The highest BCUT2D eigenvalue weighted by molar-refractivity contribution is 5.10. The van der Waals surface area contributed by atoms with Gasteiger partial charge in [-0.2, -0.15) is 0 Å². The molecule has 2 spiro atoms. The fourth-order valence-electron chi connectivity index (χ4n) is 10.5. The maximum Gasteiger partial charge on any atom is 0.201 e. The second-order valence-electron chi connectivity index (χ2n) is 15.3. The van der Waals surface area contributed by atoms with Crippen LogP contribution in [0.1, 0.15) is 92.9 Å². The molecular formula is C32H50O10. The molecule has 10 heteroatoms. The second-order valence-corrected chi connectivity index (χ2v) is 15.3. The zero-order chi connectivity index (χ0) is 29.1. The lowest BCUT2D eigenvalue weighted by atomic mass is 9.58. The summed E-state index contributed by atoms with van der Waals surface area (Å²) in [7, 11) is 0. The standard InChI is InChI=1S/C32H50O10/c1-17-7-9-23-19(3)25(35-27-31(23)21(17)11-13-29(5,37-27)39-41-31)33-15-16-34-26-20(4)24-10-8-18(2)22-12-14-30(6)38-28(36-26)32(22,24)42-40-30/h17-28H,7-16H2,1-6H3/t17-,18-,19-,20-,21+,22+,23+,24+,25-,26+,27-,28-,29-,30-,31-,32-/m1/s1. The third-order valence-corrected chi connectivity index (χ3v) is 12.8. The van der Waals surface area contributed by atoms with E-state index in [0.29, 0.717) is 36.9 Å². The van der Waals surface area contributed by atoms with Crippen LogP contribution in [0.2, 0.25) is 0 Å². The monoisotopic (exact) mass is 594 g/mol. The van der Waals surface area contributed by atoms with Crippen molar-refractivity contribution in [3.05, 3.63) is 0 Å². The molecule has 8 aliphatic heterocycles. The van der Waals surface area contributed by atoms with Crippen LogP contribution in [0, 0.1) is 47.3 Å². The van der Waals surface area contributed by atoms with Crippen LogP contribution in [0.3, 0.4) is 0 Å². The Bertz CT molecular complexity index is 965. The van der Waals surface area contributed by atoms with Crippen LogP contribution in [-0.4, -0.2) is 61.2 Å². The fourth-order valence-corrected chi connectivity index (χ4v) is 10.5. The molecule has 10 nitrogen and oxygen atoms in total. The quantitative estimate of drug-likeness (QED) is 0.303. The SMILES string of the molecule is C[C@H]1[C@H](OCCO[C@H]2O[C@@H]3O[C@@]4(C)CC[C@H]5[C@H](C)CC[C@@H]([C@H]2C)[C@@]35OO4)O[C@@H]2O[C@@]3(C)CC[C@H]4[C@H](C)CC[C@@H]1[C@@]24OO3. The fraction of sp³-hybridized carbons (Fsp3) is 1.00. The van der Waals surface area contributed by atoms with Crippen LogP contribution in [-0.2, 0) is 48.0 Å². The van der Waals surface area contributed by atoms with E-state index in [0.717, 1.165) is 38.5 Å². The van der Waals surface area contributed by atoms with E-state index in [1.54, 1.807) is 0 Å². The van der Waals surface area contributed by atoms with E-state index in [2.05, 4.69) is 27.7 Å². The lowest BCUT2D eigenvalue weighted by Gasteiger charge is -2.60. The number of hydrogen-bond donors (Lipinski definition) is 0. The Kier molecular flexibility index (Phi) is 6.95. The maximum absolute atomic E-state index is 6.58. The van der Waals surface area contributed by atoms with Crippen molar-refractivity contribution in [2.45, 2.75) is 141 Å². The Balaban J connectivity index is 0.934. The molecule has 2 saturated carbocycles. The van der Waals surface area contributed by atoms with Gasteiger partial charge >= 0.3 is 0 Å². The van der Waals surface area contributed by atoms with Gasteiger partial charge in [0, 0.05) is 36.5 Å². The van der Waals surface area contributed by atoms with Gasteiger partial charge in [0.25, 0.3) is 0 Å². The van der Waals surface area contributed by atoms with Gasteiger partial charge in [-0.15, -0.1) is 0 Å². The first-order valence-electron chi connectivity index (χ1n) is 16.7. The van der Waals surface area contributed by atoms with Gasteiger partial charge in [0.15, 0.2) is 36.4 Å². The predicted octanol–water partition coefficient (Wildman–Crippen LogP) is 5.44. The smallest absolute Gasteiger partial charge is 0.201 e. The van der Waals surface area contributed by atoms with Crippen LogP contribution in [0.4, 0.5) is 0 Å². The van der Waals surface area contributed by atoms with Crippen LogP contribution in [0.5, 0.6) is 0 Å². The van der Waals surface area contributed by atoms with Crippen molar-refractivity contribution in [3.8, 4) is 0 Å². The Morgan fingerprint density at radius 3 is 1.40 bits per heavy atom. The molecule has 8 saturated heterocycles. The van der Waals surface area contributed by atoms with E-state index in [9.17, 15) is 0 Å². The van der Waals surface area contributed by atoms with Crippen molar-refractivity contribution in [2.24, 2.45) is 47.3 Å². The predicted molar refractivity (Wildman–Crippen MR) is 146 cm³/mol. The summed E-state index contributed by atoms with van der Waals surface area (Å²) in [6.45, 7) is 13.8. The van der Waals surface area contributed by atoms with Crippen LogP contribution < -0.4 is 0 Å². The molecule has 0 aromatic rings. The molecule has 4 bridgehead atoms. The Morgan fingerprint density at radius 1 is 0.548 bits per heavy atom. The van der Waals surface area contributed by atoms with Gasteiger partial charge < -0.3 is 28.4 Å². The Morgan fingerprint density at radius 2 is 0.976 bits per heavy atom. The summed E-state index contributed by atoms with van der Waals surface area (Å²) in [6, 6.07) is 0. The first-order valence-corrected chi connectivity index (χ1v) is 16.7. The summed E-state index contributed by atoms with van der Waals surface area (Å²) in [5, 5.41) is 0. The Labute approximate surface area is 249 Å². The van der Waals surface area contributed by atoms with Gasteiger partial charge in [-0.25, -0.2) is 19.6 Å². The summed E-state index contributed by atoms with van der Waals surface area (Å²) < 4.78 is 38.9. The summed E-state index contributed by atoms with van der Waals surface area (Å²) in [5.74, 6) is 0.881. The third kappa shape index (κ3) is 4.06. The van der Waals surface area contributed by atoms with Gasteiger partial charge in [-0.05, 0) is 76.0 Å². The highest BCUT2D eigenvalue weighted by atomic mass is 17.3. The van der Waals surface area contributed by atoms with Crippen molar-refractivity contribution in [1.29, 1.82) is 0 Å². The van der Waals surface area contributed by atoms with Crippen molar-refractivity contribution < 1.29 is 48.0 Å². The minimum Gasteiger partial charge on any atom is -0.350 e. The molecule has 0 unspecified atom stereocenters. The molecule has 0 aromatic carbocycles. The molecule has 8 heterocycles. The van der Waals surface area contributed by atoms with Gasteiger partial charge in [-0.3, -0.25) is 0 Å². The summed E-state index contributed by atoms with van der Waals surface area (Å²) in [4.78, 5) is 24.4. The normalized spacial score (nSPS) is 59.9. The number of ether oxygens (including phenoxy) is 6. The van der Waals surface area contributed by atoms with E-state index in [-0.39, 0.29) is 23.7 Å². The van der Waals surface area contributed by atoms with Gasteiger partial charge in [-0.1, -0.05) is 27.7 Å². The highest BCUT2D eigenvalue weighted by Crippen LogP contribution is 2.62. The lowest BCUT2D eigenvalue weighted by molar-refractivity contribution is -0.578. The van der Waals surface area contributed by atoms with E-state index in [4.69, 9.17) is 48.0 Å². The molecular weight excluding hydrogens is 544 g/mol. The molecule has 10 fully saturated rings. The van der Waals surface area contributed by atoms with Crippen molar-refractivity contribution in [2.75, 3.05) is 13.2 Å². The van der Waals surface area contributed by atoms with E-state index in [1.165, 1.54) is 12.8 Å². The molecule has 0 N–H and O–H groups in total. The number of rotatable bonds is 5. The molecule has 0 radical (unpaired) electrons. The maximum atomic E-state index is 6.58. The average Bonchev–Trinajstić information content (AvgIpc) is 3.33. The molecule has 0 aromatic heterocycles. The average molecular weight is 595 g/mol. The summed E-state index contributed by atoms with van der Waals surface area (Å²) >= 11 is 0. The van der Waals surface area contributed by atoms with Crippen molar-refractivity contribution in [3.63, 3.8) is 0 Å². The molecule has 238 valence electrons. The Hall–Kier alpha value is -0.400. The molecule has 10 rings (SSSR count). The van der Waals surface area contributed by atoms with Gasteiger partial charge in [0.2, 0.25) is 11.6 Å². The van der Waals surface area contributed by atoms with Crippen molar-refractivity contribution >= 4 is 0 Å². The minimum atomic E-state index is -0.793. The van der Waals surface area contributed by atoms with E-state index >= 15 is 0 Å². The van der Waals surface area contributed by atoms with Crippen molar-refractivity contribution in [1.82, 2.24) is 0 Å². The number of fused-ring (bicyclic) bond motifs is 4. The van der Waals surface area contributed by atoms with Gasteiger partial charge in [0.1, 0.15) is 0 Å². The van der Waals surface area contributed by atoms with E-state index in [1.807, 2.05) is 13.8 Å². The largest absolute Gasteiger partial charge is 0.350 e. The van der Waals surface area contributed by atoms with Gasteiger partial charge in [0.05, 0.1) is 13.2 Å². The van der Waals surface area contributed by atoms with Crippen LogP contribution >= 0.6 is 0 Å². The summed E-state index contributed by atoms with van der Waals surface area (Å²) in [5.41, 5.74) is -1.17. The first-order chi connectivity index (χ1) is 20.1. The summed E-state index contributed by atoms with van der Waals surface area (Å²) in [6.07, 6.45) is 6.21. The minimum absolute atomic E-state index is 0.129. The zero-order valence-corrected chi connectivity index (χ0v) is 26.1.